The standard InChI is InChI=1S/C23H22FN5O2S/c1-4-19(21(30)25-18-12-14(2)8-9-15(18)3)32-23-27-26-20-22(31)28(10-11-29(20)23)17-7-5-6-16(24)13-17/h5-13,19H,4H2,1-3H3,(H,25,30). The highest BCUT2D eigenvalue weighted by molar-refractivity contribution is 8.00. The van der Waals surface area contributed by atoms with Crippen LogP contribution in [0.3, 0.4) is 0 Å². The largest absolute Gasteiger partial charge is 0.325 e. The van der Waals surface area contributed by atoms with Gasteiger partial charge in [0.15, 0.2) is 5.16 Å². The van der Waals surface area contributed by atoms with Crippen molar-refractivity contribution in [3.05, 3.63) is 82.2 Å². The third kappa shape index (κ3) is 4.29. The summed E-state index contributed by atoms with van der Waals surface area (Å²) in [6, 6.07) is 11.7. The summed E-state index contributed by atoms with van der Waals surface area (Å²) in [6.45, 7) is 5.83. The van der Waals surface area contributed by atoms with Crippen LogP contribution in [0.15, 0.2) is 64.8 Å². The van der Waals surface area contributed by atoms with Crippen LogP contribution in [0.2, 0.25) is 0 Å². The van der Waals surface area contributed by atoms with Crippen molar-refractivity contribution in [2.75, 3.05) is 5.32 Å². The van der Waals surface area contributed by atoms with Crippen molar-refractivity contribution in [2.45, 2.75) is 37.6 Å². The second kappa shape index (κ2) is 8.96. The molecule has 1 atom stereocenters. The van der Waals surface area contributed by atoms with Crippen molar-refractivity contribution < 1.29 is 9.18 Å². The SMILES string of the molecule is CCC(Sc1nnc2c(=O)n(-c3cccc(F)c3)ccn12)C(=O)Nc1cc(C)ccc1C. The van der Waals surface area contributed by atoms with Crippen molar-refractivity contribution in [3.63, 3.8) is 0 Å². The van der Waals surface area contributed by atoms with Crippen molar-refractivity contribution in [2.24, 2.45) is 0 Å². The molecule has 164 valence electrons. The molecule has 0 aliphatic heterocycles. The maximum absolute atomic E-state index is 13.6. The molecule has 4 rings (SSSR count). The van der Waals surface area contributed by atoms with Crippen molar-refractivity contribution in [1.82, 2.24) is 19.2 Å². The molecule has 7 nitrogen and oxygen atoms in total. The summed E-state index contributed by atoms with van der Waals surface area (Å²) in [5, 5.41) is 11.1. The second-order valence-corrected chi connectivity index (χ2v) is 8.62. The molecular formula is C23H22FN5O2S. The van der Waals surface area contributed by atoms with E-state index in [1.807, 2.05) is 39.0 Å². The fraction of sp³-hybridized carbons (Fsp3) is 0.217. The summed E-state index contributed by atoms with van der Waals surface area (Å²) in [5.41, 5.74) is 2.89. The van der Waals surface area contributed by atoms with Crippen LogP contribution in [0, 0.1) is 19.7 Å². The molecule has 1 N–H and O–H groups in total. The van der Waals surface area contributed by atoms with E-state index in [1.54, 1.807) is 16.7 Å². The summed E-state index contributed by atoms with van der Waals surface area (Å²) in [6.07, 6.45) is 3.74. The number of hydrogen-bond donors (Lipinski definition) is 1. The summed E-state index contributed by atoms with van der Waals surface area (Å²) in [4.78, 5) is 25.8. The number of nitrogens with zero attached hydrogens (tertiary/aromatic N) is 4. The zero-order valence-electron chi connectivity index (χ0n) is 17.9. The van der Waals surface area contributed by atoms with Crippen molar-refractivity contribution >= 4 is 29.0 Å². The number of benzene rings is 2. The maximum Gasteiger partial charge on any atom is 0.300 e. The first kappa shape index (κ1) is 21.8. The summed E-state index contributed by atoms with van der Waals surface area (Å²) in [7, 11) is 0. The predicted molar refractivity (Wildman–Crippen MR) is 123 cm³/mol. The number of rotatable bonds is 6. The average Bonchev–Trinajstić information content (AvgIpc) is 3.18. The van der Waals surface area contributed by atoms with Gasteiger partial charge >= 0.3 is 5.56 Å². The number of amides is 1. The van der Waals surface area contributed by atoms with Crippen LogP contribution in [-0.2, 0) is 4.79 Å². The van der Waals surface area contributed by atoms with E-state index in [0.29, 0.717) is 17.3 Å². The van der Waals surface area contributed by atoms with E-state index in [-0.39, 0.29) is 11.6 Å². The fourth-order valence-electron chi connectivity index (χ4n) is 3.31. The minimum atomic E-state index is -0.437. The van der Waals surface area contributed by atoms with Crippen LogP contribution >= 0.6 is 11.8 Å². The number of nitrogens with one attached hydrogen (secondary N) is 1. The Hall–Kier alpha value is -3.46. The highest BCUT2D eigenvalue weighted by Crippen LogP contribution is 2.26. The molecule has 9 heteroatoms. The van der Waals surface area contributed by atoms with E-state index < -0.39 is 16.6 Å². The number of halogens is 1. The first-order chi connectivity index (χ1) is 15.4. The molecule has 0 saturated heterocycles. The minimum absolute atomic E-state index is 0.101. The molecule has 2 aromatic carbocycles. The van der Waals surface area contributed by atoms with Crippen LogP contribution in [0.4, 0.5) is 10.1 Å². The van der Waals surface area contributed by atoms with Gasteiger partial charge in [0.1, 0.15) is 5.82 Å². The predicted octanol–water partition coefficient (Wildman–Crippen LogP) is 4.15. The first-order valence-electron chi connectivity index (χ1n) is 10.1. The van der Waals surface area contributed by atoms with Crippen LogP contribution in [-0.4, -0.2) is 30.3 Å². The fourth-order valence-corrected chi connectivity index (χ4v) is 4.24. The van der Waals surface area contributed by atoms with E-state index in [9.17, 15) is 14.0 Å². The molecule has 2 aromatic heterocycles. The molecular weight excluding hydrogens is 429 g/mol. The zero-order chi connectivity index (χ0) is 22.8. The highest BCUT2D eigenvalue weighted by atomic mass is 32.2. The lowest BCUT2D eigenvalue weighted by Gasteiger charge is -2.15. The van der Waals surface area contributed by atoms with Gasteiger partial charge in [0, 0.05) is 18.1 Å². The van der Waals surface area contributed by atoms with E-state index in [4.69, 9.17) is 0 Å². The van der Waals surface area contributed by atoms with E-state index in [2.05, 4.69) is 15.5 Å². The molecule has 0 saturated carbocycles. The van der Waals surface area contributed by atoms with Gasteiger partial charge in [-0.05, 0) is 55.7 Å². The van der Waals surface area contributed by atoms with Crippen LogP contribution in [0.5, 0.6) is 0 Å². The molecule has 0 bridgehead atoms. The molecule has 1 amide bonds. The Kier molecular flexibility index (Phi) is 6.09. The van der Waals surface area contributed by atoms with Gasteiger partial charge in [-0.3, -0.25) is 18.6 Å². The smallest absolute Gasteiger partial charge is 0.300 e. The minimum Gasteiger partial charge on any atom is -0.325 e. The van der Waals surface area contributed by atoms with E-state index in [1.165, 1.54) is 40.7 Å². The number of aryl methyl sites for hydroxylation is 2. The summed E-state index contributed by atoms with van der Waals surface area (Å²) < 4.78 is 16.4. The molecule has 0 fully saturated rings. The quantitative estimate of drug-likeness (QED) is 0.446. The topological polar surface area (TPSA) is 81.3 Å². The Bertz CT molecular complexity index is 1360. The molecule has 0 aliphatic rings. The van der Waals surface area contributed by atoms with Gasteiger partial charge in [-0.2, -0.15) is 0 Å². The Morgan fingerprint density at radius 3 is 2.72 bits per heavy atom. The summed E-state index contributed by atoms with van der Waals surface area (Å²) >= 11 is 1.24. The Morgan fingerprint density at radius 1 is 1.16 bits per heavy atom. The van der Waals surface area contributed by atoms with E-state index >= 15 is 0 Å². The Labute approximate surface area is 188 Å². The lowest BCUT2D eigenvalue weighted by molar-refractivity contribution is -0.115. The molecule has 0 spiro atoms. The normalized spacial score (nSPS) is 12.1. The van der Waals surface area contributed by atoms with E-state index in [0.717, 1.165) is 16.8 Å². The first-order valence-corrected chi connectivity index (χ1v) is 11.0. The van der Waals surface area contributed by atoms with Crippen LogP contribution in [0.25, 0.3) is 11.3 Å². The van der Waals surface area contributed by atoms with Crippen LogP contribution in [0.1, 0.15) is 24.5 Å². The molecule has 0 aliphatic carbocycles. The molecule has 32 heavy (non-hydrogen) atoms. The van der Waals surface area contributed by atoms with Gasteiger partial charge < -0.3 is 5.32 Å². The average molecular weight is 452 g/mol. The Balaban J connectivity index is 1.60. The van der Waals surface area contributed by atoms with Crippen molar-refractivity contribution in [3.8, 4) is 5.69 Å². The maximum atomic E-state index is 13.6. The van der Waals surface area contributed by atoms with Gasteiger partial charge in [0.25, 0.3) is 0 Å². The molecule has 0 radical (unpaired) electrons. The lowest BCUT2D eigenvalue weighted by Crippen LogP contribution is -2.25. The number of hydrogen-bond acceptors (Lipinski definition) is 5. The zero-order valence-corrected chi connectivity index (χ0v) is 18.7. The van der Waals surface area contributed by atoms with Gasteiger partial charge in [0.2, 0.25) is 11.6 Å². The highest BCUT2D eigenvalue weighted by Gasteiger charge is 2.22. The number of anilines is 1. The third-order valence-corrected chi connectivity index (χ3v) is 6.41. The van der Waals surface area contributed by atoms with Crippen LogP contribution < -0.4 is 10.9 Å². The molecule has 1 unspecified atom stereocenters. The Morgan fingerprint density at radius 2 is 1.97 bits per heavy atom. The number of thioether (sulfide) groups is 1. The molecule has 2 heterocycles. The second-order valence-electron chi connectivity index (χ2n) is 7.45. The monoisotopic (exact) mass is 451 g/mol. The van der Waals surface area contributed by atoms with Gasteiger partial charge in [-0.15, -0.1) is 10.2 Å². The molecule has 4 aromatic rings. The number of aromatic nitrogens is 4. The van der Waals surface area contributed by atoms with Gasteiger partial charge in [-0.1, -0.05) is 36.9 Å². The van der Waals surface area contributed by atoms with Crippen molar-refractivity contribution in [1.29, 1.82) is 0 Å². The van der Waals surface area contributed by atoms with Gasteiger partial charge in [-0.25, -0.2) is 4.39 Å². The number of carbonyl (C=O) groups is 1. The lowest BCUT2D eigenvalue weighted by atomic mass is 10.1. The number of fused-ring (bicyclic) bond motifs is 1. The third-order valence-electron chi connectivity index (χ3n) is 5.09. The van der Waals surface area contributed by atoms with Gasteiger partial charge in [0.05, 0.1) is 10.9 Å². The summed E-state index contributed by atoms with van der Waals surface area (Å²) in [5.74, 6) is -0.580. The number of carbonyl (C=O) groups excluding carboxylic acids is 1.